The lowest BCUT2D eigenvalue weighted by Crippen LogP contribution is -2.50. The number of piperazine rings is 1. The van der Waals surface area contributed by atoms with E-state index in [2.05, 4.69) is 4.98 Å². The normalized spacial score (nSPS) is 14.9. The Labute approximate surface area is 162 Å². The van der Waals surface area contributed by atoms with E-state index in [1.165, 1.54) is 22.1 Å². The first kappa shape index (κ1) is 20.1. The van der Waals surface area contributed by atoms with E-state index in [9.17, 15) is 27.2 Å². The number of halogens is 5. The highest BCUT2D eigenvalue weighted by molar-refractivity contribution is 6.32. The zero-order valence-electron chi connectivity index (χ0n) is 14.3. The summed E-state index contributed by atoms with van der Waals surface area (Å²) in [6, 6.07) is 5.02. The minimum absolute atomic E-state index is 0.0388. The van der Waals surface area contributed by atoms with E-state index in [4.69, 9.17) is 11.6 Å². The second-order valence-corrected chi connectivity index (χ2v) is 6.47. The van der Waals surface area contributed by atoms with Gasteiger partial charge in [-0.3, -0.25) is 9.59 Å². The molecule has 1 fully saturated rings. The smallest absolute Gasteiger partial charge is 0.335 e. The van der Waals surface area contributed by atoms with Gasteiger partial charge in [-0.15, -0.1) is 0 Å². The number of nitrogens with zero attached hydrogens (tertiary/aromatic N) is 3. The predicted octanol–water partition coefficient (Wildman–Crippen LogP) is 3.49. The van der Waals surface area contributed by atoms with Gasteiger partial charge in [0.15, 0.2) is 0 Å². The van der Waals surface area contributed by atoms with Gasteiger partial charge in [0.25, 0.3) is 11.8 Å². The second-order valence-electron chi connectivity index (χ2n) is 6.11. The lowest BCUT2D eigenvalue weighted by molar-refractivity contribution is -0.138. The molecule has 0 bridgehead atoms. The third kappa shape index (κ3) is 4.09. The average Bonchev–Trinajstić information content (AvgIpc) is 2.67. The topological polar surface area (TPSA) is 53.5 Å². The van der Waals surface area contributed by atoms with E-state index in [0.717, 1.165) is 12.1 Å². The molecule has 10 heteroatoms. The summed E-state index contributed by atoms with van der Waals surface area (Å²) in [6.07, 6.45) is -3.42. The molecule has 2 heterocycles. The maximum atomic E-state index is 13.2. The molecule has 0 aliphatic carbocycles. The Balaban J connectivity index is 1.73. The first-order chi connectivity index (χ1) is 13.2. The maximum Gasteiger partial charge on any atom is 0.417 e. The molecule has 5 nitrogen and oxygen atoms in total. The van der Waals surface area contributed by atoms with Crippen molar-refractivity contribution in [3.63, 3.8) is 0 Å². The van der Waals surface area contributed by atoms with Crippen molar-refractivity contribution in [2.45, 2.75) is 6.18 Å². The van der Waals surface area contributed by atoms with Gasteiger partial charge < -0.3 is 9.80 Å². The Bertz CT molecular complexity index is 912. The highest BCUT2D eigenvalue weighted by Crippen LogP contribution is 2.33. The molecule has 28 heavy (non-hydrogen) atoms. The van der Waals surface area contributed by atoms with Crippen LogP contribution in [0.2, 0.25) is 5.15 Å². The van der Waals surface area contributed by atoms with E-state index in [-0.39, 0.29) is 42.8 Å². The molecule has 0 spiro atoms. The van der Waals surface area contributed by atoms with Crippen molar-refractivity contribution in [1.82, 2.24) is 14.8 Å². The molecule has 0 radical (unpaired) electrons. The van der Waals surface area contributed by atoms with Crippen LogP contribution in [0.15, 0.2) is 36.5 Å². The van der Waals surface area contributed by atoms with Crippen LogP contribution >= 0.6 is 11.6 Å². The molecule has 2 aromatic rings. The van der Waals surface area contributed by atoms with E-state index in [1.54, 1.807) is 6.07 Å². The zero-order valence-corrected chi connectivity index (χ0v) is 15.1. The number of hydrogen-bond donors (Lipinski definition) is 0. The van der Waals surface area contributed by atoms with Gasteiger partial charge in [0.1, 0.15) is 11.0 Å². The van der Waals surface area contributed by atoms with E-state index in [0.29, 0.717) is 6.07 Å². The SMILES string of the molecule is O=C(c1ccc(F)cc1C(F)(F)F)N1CCN(C(=O)c2cccnc2Cl)CC1. The van der Waals surface area contributed by atoms with Gasteiger partial charge in [-0.25, -0.2) is 9.37 Å². The van der Waals surface area contributed by atoms with Gasteiger partial charge in [-0.2, -0.15) is 13.2 Å². The summed E-state index contributed by atoms with van der Waals surface area (Å²) in [5.41, 5.74) is -1.73. The fraction of sp³-hybridized carbons (Fsp3) is 0.278. The molecule has 3 rings (SSSR count). The number of pyridine rings is 1. The molecule has 1 aliphatic rings. The average molecular weight is 416 g/mol. The Morgan fingerprint density at radius 1 is 0.964 bits per heavy atom. The first-order valence-electron chi connectivity index (χ1n) is 8.24. The van der Waals surface area contributed by atoms with Gasteiger partial charge in [0, 0.05) is 32.4 Å². The van der Waals surface area contributed by atoms with Gasteiger partial charge in [-0.1, -0.05) is 11.6 Å². The van der Waals surface area contributed by atoms with Gasteiger partial charge in [-0.05, 0) is 30.3 Å². The van der Waals surface area contributed by atoms with Crippen molar-refractivity contribution in [3.05, 3.63) is 64.2 Å². The van der Waals surface area contributed by atoms with Crippen LogP contribution in [0.4, 0.5) is 17.6 Å². The van der Waals surface area contributed by atoms with Gasteiger partial charge in [0.05, 0.1) is 16.7 Å². The van der Waals surface area contributed by atoms with Crippen LogP contribution < -0.4 is 0 Å². The third-order valence-electron chi connectivity index (χ3n) is 4.36. The molecule has 1 aromatic carbocycles. The summed E-state index contributed by atoms with van der Waals surface area (Å²) in [7, 11) is 0. The molecular weight excluding hydrogens is 402 g/mol. The van der Waals surface area contributed by atoms with E-state index < -0.39 is 29.0 Å². The summed E-state index contributed by atoms with van der Waals surface area (Å²) in [6.45, 7) is 0.324. The molecule has 0 unspecified atom stereocenters. The number of carbonyl (C=O) groups excluding carboxylic acids is 2. The summed E-state index contributed by atoms with van der Waals surface area (Å²) in [4.78, 5) is 31.5. The molecule has 148 valence electrons. The molecule has 1 saturated heterocycles. The highest BCUT2D eigenvalue weighted by atomic mass is 35.5. The van der Waals surface area contributed by atoms with Crippen molar-refractivity contribution in [2.24, 2.45) is 0 Å². The number of carbonyl (C=O) groups is 2. The Kier molecular flexibility index (Phi) is 5.55. The third-order valence-corrected chi connectivity index (χ3v) is 4.66. The Morgan fingerprint density at radius 2 is 1.54 bits per heavy atom. The summed E-state index contributed by atoms with van der Waals surface area (Å²) >= 11 is 5.91. The van der Waals surface area contributed by atoms with Crippen LogP contribution in [0.3, 0.4) is 0 Å². The second kappa shape index (κ2) is 7.75. The number of aromatic nitrogens is 1. The zero-order chi connectivity index (χ0) is 20.5. The van der Waals surface area contributed by atoms with Gasteiger partial charge in [0.2, 0.25) is 0 Å². The highest BCUT2D eigenvalue weighted by Gasteiger charge is 2.37. The fourth-order valence-corrected chi connectivity index (χ4v) is 3.14. The van der Waals surface area contributed by atoms with Crippen molar-refractivity contribution < 1.29 is 27.2 Å². The van der Waals surface area contributed by atoms with Crippen molar-refractivity contribution in [3.8, 4) is 0 Å². The predicted molar refractivity (Wildman–Crippen MR) is 92.5 cm³/mol. The quantitative estimate of drug-likeness (QED) is 0.557. The summed E-state index contributed by atoms with van der Waals surface area (Å²) in [5.74, 6) is -2.31. The minimum atomic E-state index is -4.86. The minimum Gasteiger partial charge on any atom is -0.335 e. The van der Waals surface area contributed by atoms with Crippen LogP contribution in [-0.4, -0.2) is 52.8 Å². The first-order valence-corrected chi connectivity index (χ1v) is 8.62. The number of hydrogen-bond acceptors (Lipinski definition) is 3. The van der Waals surface area contributed by atoms with Crippen molar-refractivity contribution in [1.29, 1.82) is 0 Å². The Morgan fingerprint density at radius 3 is 2.07 bits per heavy atom. The molecule has 2 amide bonds. The van der Waals surface area contributed by atoms with Crippen LogP contribution in [0.1, 0.15) is 26.3 Å². The number of benzene rings is 1. The largest absolute Gasteiger partial charge is 0.417 e. The molecule has 1 aliphatic heterocycles. The summed E-state index contributed by atoms with van der Waals surface area (Å²) < 4.78 is 52.7. The van der Waals surface area contributed by atoms with Crippen molar-refractivity contribution in [2.75, 3.05) is 26.2 Å². The lowest BCUT2D eigenvalue weighted by atomic mass is 10.0. The number of rotatable bonds is 2. The lowest BCUT2D eigenvalue weighted by Gasteiger charge is -2.35. The van der Waals surface area contributed by atoms with Crippen LogP contribution in [0.5, 0.6) is 0 Å². The van der Waals surface area contributed by atoms with Crippen LogP contribution in [0, 0.1) is 5.82 Å². The van der Waals surface area contributed by atoms with Crippen LogP contribution in [-0.2, 0) is 6.18 Å². The van der Waals surface area contributed by atoms with Crippen LogP contribution in [0.25, 0.3) is 0 Å². The van der Waals surface area contributed by atoms with E-state index in [1.807, 2.05) is 0 Å². The molecular formula is C18H14ClF4N3O2. The van der Waals surface area contributed by atoms with Crippen molar-refractivity contribution >= 4 is 23.4 Å². The maximum absolute atomic E-state index is 13.2. The number of alkyl halides is 3. The number of amides is 2. The van der Waals surface area contributed by atoms with Gasteiger partial charge >= 0.3 is 6.18 Å². The molecule has 0 saturated carbocycles. The van der Waals surface area contributed by atoms with E-state index >= 15 is 0 Å². The monoisotopic (exact) mass is 415 g/mol. The standard InChI is InChI=1S/C18H14ClF4N3O2/c19-15-13(2-1-5-24-15)17(28)26-8-6-25(7-9-26)16(27)12-4-3-11(20)10-14(12)18(21,22)23/h1-5,10H,6-9H2. The summed E-state index contributed by atoms with van der Waals surface area (Å²) in [5, 5.41) is 0.0483. The molecule has 0 N–H and O–H groups in total. The molecule has 1 aromatic heterocycles. The molecule has 0 atom stereocenters. The fourth-order valence-electron chi connectivity index (χ4n) is 2.94. The Hall–Kier alpha value is -2.68.